The van der Waals surface area contributed by atoms with E-state index in [2.05, 4.69) is 42.4 Å². The van der Waals surface area contributed by atoms with E-state index in [4.69, 9.17) is 5.41 Å². The van der Waals surface area contributed by atoms with Crippen molar-refractivity contribution in [2.45, 2.75) is 0 Å². The minimum absolute atomic E-state index is 0.132. The Kier molecular flexibility index (Phi) is 6.44. The van der Waals surface area contributed by atoms with Gasteiger partial charge in [0.1, 0.15) is 0 Å². The van der Waals surface area contributed by atoms with Crippen LogP contribution in [0.1, 0.15) is 5.56 Å². The number of piperazine rings is 1. The lowest BCUT2D eigenvalue weighted by atomic mass is 10.0. The molecule has 1 fully saturated rings. The van der Waals surface area contributed by atoms with Crippen LogP contribution in [0.2, 0.25) is 0 Å². The molecule has 0 atom stereocenters. The van der Waals surface area contributed by atoms with Crippen molar-refractivity contribution in [3.05, 3.63) is 85.4 Å². The van der Waals surface area contributed by atoms with Gasteiger partial charge in [-0.2, -0.15) is 5.10 Å². The molecular weight excluding hydrogens is 490 g/mol. The van der Waals surface area contributed by atoms with Crippen LogP contribution in [0.25, 0.3) is 44.5 Å². The van der Waals surface area contributed by atoms with E-state index in [1.54, 1.807) is 41.7 Å². The Bertz CT molecular complexity index is 1740. The van der Waals surface area contributed by atoms with Gasteiger partial charge in [0.15, 0.2) is 5.65 Å². The third-order valence-electron chi connectivity index (χ3n) is 6.76. The van der Waals surface area contributed by atoms with E-state index >= 15 is 0 Å². The molecule has 5 aromatic rings. The summed E-state index contributed by atoms with van der Waals surface area (Å²) in [5.41, 5.74) is 6.68. The van der Waals surface area contributed by atoms with E-state index in [1.165, 1.54) is 0 Å². The molecule has 10 heteroatoms. The van der Waals surface area contributed by atoms with E-state index in [9.17, 15) is 4.79 Å². The van der Waals surface area contributed by atoms with Crippen LogP contribution in [0.4, 0.5) is 10.5 Å². The summed E-state index contributed by atoms with van der Waals surface area (Å²) in [5.74, 6) is 0. The summed E-state index contributed by atoms with van der Waals surface area (Å²) in [6, 6.07) is 11.7. The molecule has 39 heavy (non-hydrogen) atoms. The normalized spacial score (nSPS) is 13.8. The lowest BCUT2D eigenvalue weighted by molar-refractivity contribution is 0.204. The number of pyridine rings is 2. The van der Waals surface area contributed by atoms with Gasteiger partial charge in [-0.1, -0.05) is 30.9 Å². The Morgan fingerprint density at radius 3 is 2.77 bits per heavy atom. The number of hydrogen-bond donors (Lipinski definition) is 5. The third-order valence-corrected chi connectivity index (χ3v) is 6.76. The van der Waals surface area contributed by atoms with Crippen molar-refractivity contribution in [1.29, 1.82) is 5.41 Å². The molecule has 0 aliphatic carbocycles. The molecule has 194 valence electrons. The van der Waals surface area contributed by atoms with E-state index in [0.717, 1.165) is 57.5 Å². The van der Waals surface area contributed by atoms with Gasteiger partial charge in [0.05, 0.1) is 29.0 Å². The van der Waals surface area contributed by atoms with E-state index in [1.807, 2.05) is 36.4 Å². The van der Waals surface area contributed by atoms with E-state index < -0.39 is 0 Å². The average molecular weight is 518 g/mol. The fraction of sp³-hybridized carbons (Fsp3) is 0.138. The van der Waals surface area contributed by atoms with Crippen molar-refractivity contribution in [2.75, 3.05) is 31.5 Å². The number of carbonyl (C=O) groups is 1. The van der Waals surface area contributed by atoms with Crippen molar-refractivity contribution < 1.29 is 4.79 Å². The first-order valence-corrected chi connectivity index (χ1v) is 12.7. The molecule has 0 radical (unpaired) electrons. The van der Waals surface area contributed by atoms with Crippen LogP contribution in [0.5, 0.6) is 0 Å². The maximum atomic E-state index is 12.7. The highest BCUT2D eigenvalue weighted by molar-refractivity contribution is 6.15. The zero-order valence-electron chi connectivity index (χ0n) is 21.2. The van der Waals surface area contributed by atoms with E-state index in [0.29, 0.717) is 30.1 Å². The smallest absolute Gasteiger partial charge is 0.321 e. The summed E-state index contributed by atoms with van der Waals surface area (Å²) in [4.78, 5) is 26.8. The van der Waals surface area contributed by atoms with Crippen LogP contribution < -0.4 is 10.6 Å². The number of nitrogens with zero attached hydrogens (tertiary/aromatic N) is 4. The number of urea groups is 1. The number of hydrogen-bond acceptors (Lipinski definition) is 6. The Labute approximate surface area is 224 Å². The van der Waals surface area contributed by atoms with Gasteiger partial charge in [0.2, 0.25) is 0 Å². The number of rotatable bonds is 6. The SMILES string of the molecule is C=C/C=C\C(=N)c1cccc2[nH]c(-c3[nH]nc4ncc(-c5cncc(NC(=O)N6CCNCC6)c5)cc34)cc12. The monoisotopic (exact) mass is 517 g/mol. The van der Waals surface area contributed by atoms with Crippen LogP contribution >= 0.6 is 0 Å². The van der Waals surface area contributed by atoms with E-state index in [-0.39, 0.29) is 6.03 Å². The van der Waals surface area contributed by atoms with Crippen LogP contribution in [-0.2, 0) is 0 Å². The molecule has 6 rings (SSSR count). The lowest BCUT2D eigenvalue weighted by Gasteiger charge is -2.27. The molecule has 0 bridgehead atoms. The molecule has 0 spiro atoms. The van der Waals surface area contributed by atoms with Gasteiger partial charge in [-0.15, -0.1) is 0 Å². The molecule has 5 heterocycles. The number of anilines is 1. The summed E-state index contributed by atoms with van der Waals surface area (Å²) in [6.45, 7) is 6.61. The van der Waals surface area contributed by atoms with Crippen molar-refractivity contribution >= 4 is 39.4 Å². The molecule has 1 aliphatic heterocycles. The summed E-state index contributed by atoms with van der Waals surface area (Å²) in [5, 5.41) is 24.0. The second kappa shape index (κ2) is 10.3. The molecule has 0 unspecified atom stereocenters. The first-order chi connectivity index (χ1) is 19.1. The fourth-order valence-electron chi connectivity index (χ4n) is 4.78. The van der Waals surface area contributed by atoms with Crippen molar-refractivity contribution in [3.63, 3.8) is 0 Å². The molecule has 1 aliphatic rings. The number of nitrogens with one attached hydrogen (secondary N) is 5. The number of aromatic amines is 2. The van der Waals surface area contributed by atoms with Gasteiger partial charge in [0, 0.05) is 71.6 Å². The van der Waals surface area contributed by atoms with Crippen molar-refractivity contribution in [3.8, 4) is 22.5 Å². The third kappa shape index (κ3) is 4.80. The largest absolute Gasteiger partial charge is 0.353 e. The number of H-pyrrole nitrogens is 2. The van der Waals surface area contributed by atoms with Gasteiger partial charge < -0.3 is 25.9 Å². The molecule has 0 saturated carbocycles. The van der Waals surface area contributed by atoms with Crippen molar-refractivity contribution in [1.82, 2.24) is 35.4 Å². The summed E-state index contributed by atoms with van der Waals surface area (Å²) < 4.78 is 0. The predicted octanol–water partition coefficient (Wildman–Crippen LogP) is 4.72. The molecule has 1 aromatic carbocycles. The van der Waals surface area contributed by atoms with Crippen LogP contribution in [-0.4, -0.2) is 68.0 Å². The highest BCUT2D eigenvalue weighted by Gasteiger charge is 2.17. The minimum atomic E-state index is -0.132. The van der Waals surface area contributed by atoms with Gasteiger partial charge in [-0.3, -0.25) is 10.1 Å². The quantitative estimate of drug-likeness (QED) is 0.164. The number of amides is 2. The minimum Gasteiger partial charge on any atom is -0.353 e. The molecule has 5 N–H and O–H groups in total. The molecular formula is C29H27N9O. The first kappa shape index (κ1) is 24.3. The molecule has 10 nitrogen and oxygen atoms in total. The summed E-state index contributed by atoms with van der Waals surface area (Å²) in [6.07, 6.45) is 10.3. The van der Waals surface area contributed by atoms with Gasteiger partial charge in [-0.05, 0) is 30.3 Å². The number of benzene rings is 1. The second-order valence-electron chi connectivity index (χ2n) is 9.28. The van der Waals surface area contributed by atoms with Gasteiger partial charge in [-0.25, -0.2) is 9.78 Å². The fourth-order valence-corrected chi connectivity index (χ4v) is 4.78. The zero-order valence-corrected chi connectivity index (χ0v) is 21.2. The summed E-state index contributed by atoms with van der Waals surface area (Å²) >= 11 is 0. The standard InChI is InChI=1S/C29H27N9O/c1-2-3-6-24(30)21-5-4-7-25-22(21)14-26(35-25)27-23-13-19(16-33-28(23)37-36-27)18-12-20(17-32-15-18)34-29(39)38-10-8-31-9-11-38/h2-7,12-17,30-31,35H,1,8-11H2,(H,34,39)(H,33,36,37)/b6-3-,30-24?. The van der Waals surface area contributed by atoms with Crippen LogP contribution in [0.3, 0.4) is 0 Å². The Balaban J connectivity index is 1.33. The van der Waals surface area contributed by atoms with Crippen LogP contribution in [0.15, 0.2) is 79.8 Å². The first-order valence-electron chi connectivity index (χ1n) is 12.7. The number of aromatic nitrogens is 5. The highest BCUT2D eigenvalue weighted by Crippen LogP contribution is 2.32. The van der Waals surface area contributed by atoms with Crippen LogP contribution in [0, 0.1) is 5.41 Å². The van der Waals surface area contributed by atoms with Crippen molar-refractivity contribution in [2.24, 2.45) is 0 Å². The maximum Gasteiger partial charge on any atom is 0.321 e. The maximum absolute atomic E-state index is 12.7. The summed E-state index contributed by atoms with van der Waals surface area (Å²) in [7, 11) is 0. The number of fused-ring (bicyclic) bond motifs is 2. The number of allylic oxidation sites excluding steroid dienone is 3. The lowest BCUT2D eigenvalue weighted by Crippen LogP contribution is -2.48. The molecule has 1 saturated heterocycles. The van der Waals surface area contributed by atoms with Gasteiger partial charge >= 0.3 is 6.03 Å². The van der Waals surface area contributed by atoms with Gasteiger partial charge in [0.25, 0.3) is 0 Å². The predicted molar refractivity (Wildman–Crippen MR) is 154 cm³/mol. The number of carbonyl (C=O) groups excluding carboxylic acids is 1. The topological polar surface area (TPSA) is 138 Å². The second-order valence-corrected chi connectivity index (χ2v) is 9.28. The zero-order chi connectivity index (χ0) is 26.8. The molecule has 2 amide bonds. The Hall–Kier alpha value is -5.09. The Morgan fingerprint density at radius 2 is 1.92 bits per heavy atom. The molecule has 4 aromatic heterocycles. The average Bonchev–Trinajstić information content (AvgIpc) is 3.60. The Morgan fingerprint density at radius 1 is 1.08 bits per heavy atom. The highest BCUT2D eigenvalue weighted by atomic mass is 16.2.